The van der Waals surface area contributed by atoms with Crippen molar-refractivity contribution in [3.63, 3.8) is 0 Å². The van der Waals surface area contributed by atoms with Gasteiger partial charge in [0.1, 0.15) is 6.10 Å². The second-order valence-corrected chi connectivity index (χ2v) is 4.39. The molecule has 2 saturated heterocycles. The minimum atomic E-state index is -0.245. The molecule has 0 aromatic rings. The minimum absolute atomic E-state index is 0.0100. The second kappa shape index (κ2) is 3.51. The van der Waals surface area contributed by atoms with Gasteiger partial charge in [-0.3, -0.25) is 9.69 Å². The summed E-state index contributed by atoms with van der Waals surface area (Å²) in [5, 5.41) is 9.74. The fourth-order valence-corrected chi connectivity index (χ4v) is 2.73. The van der Waals surface area contributed by atoms with Gasteiger partial charge in [0.15, 0.2) is 0 Å². The van der Waals surface area contributed by atoms with Crippen LogP contribution >= 0.6 is 0 Å². The predicted molar refractivity (Wildman–Crippen MR) is 50.8 cm³/mol. The van der Waals surface area contributed by atoms with Crippen molar-refractivity contribution < 1.29 is 14.6 Å². The van der Waals surface area contributed by atoms with Gasteiger partial charge in [-0.25, -0.2) is 0 Å². The highest BCUT2D eigenvalue weighted by atomic mass is 16.5. The number of rotatable bonds is 1. The topological polar surface area (TPSA) is 49.8 Å². The molecule has 2 bridgehead atoms. The number of carbonyl (C=O) groups is 1. The molecule has 0 saturated carbocycles. The third-order valence-electron chi connectivity index (χ3n) is 3.43. The fraction of sp³-hybridized carbons (Fsp3) is 0.900. The van der Waals surface area contributed by atoms with Crippen LogP contribution in [0.3, 0.4) is 0 Å². The van der Waals surface area contributed by atoms with Crippen molar-refractivity contribution in [3.05, 3.63) is 0 Å². The highest BCUT2D eigenvalue weighted by molar-refractivity contribution is 5.66. The molecule has 2 heterocycles. The van der Waals surface area contributed by atoms with Crippen LogP contribution in [-0.4, -0.2) is 47.3 Å². The molecule has 0 aromatic carbocycles. The molecule has 0 radical (unpaired) electrons. The summed E-state index contributed by atoms with van der Waals surface area (Å²) in [7, 11) is 2.04. The normalized spacial score (nSPS) is 42.5. The van der Waals surface area contributed by atoms with Gasteiger partial charge in [0, 0.05) is 31.8 Å². The highest BCUT2D eigenvalue weighted by Gasteiger charge is 2.45. The number of ether oxygens (including phenoxy) is 1. The Bertz CT molecular complexity index is 244. The van der Waals surface area contributed by atoms with Crippen LogP contribution in [0.5, 0.6) is 0 Å². The molecule has 0 amide bonds. The Hall–Kier alpha value is -0.610. The first-order valence-corrected chi connectivity index (χ1v) is 5.15. The van der Waals surface area contributed by atoms with Crippen LogP contribution in [0.4, 0.5) is 0 Å². The second-order valence-electron chi connectivity index (χ2n) is 4.39. The SMILES string of the molecule is CC(=O)O[C@H]1C[C@@H]2C[C@H](O)[C@@H](C1)N2C. The molecule has 0 spiro atoms. The van der Waals surface area contributed by atoms with Crippen molar-refractivity contribution in [2.75, 3.05) is 7.05 Å². The van der Waals surface area contributed by atoms with Gasteiger partial charge in [-0.05, 0) is 13.5 Å². The van der Waals surface area contributed by atoms with Crippen molar-refractivity contribution in [2.45, 2.75) is 50.5 Å². The summed E-state index contributed by atoms with van der Waals surface area (Å²) in [6.45, 7) is 1.44. The summed E-state index contributed by atoms with van der Waals surface area (Å²) in [5.41, 5.74) is 0. The maximum Gasteiger partial charge on any atom is 0.302 e. The van der Waals surface area contributed by atoms with Gasteiger partial charge in [0.25, 0.3) is 0 Å². The number of likely N-dealkylation sites (N-methyl/N-ethyl adjacent to an activating group) is 1. The molecular formula is C10H17NO3. The van der Waals surface area contributed by atoms with Gasteiger partial charge in [0.05, 0.1) is 6.10 Å². The van der Waals surface area contributed by atoms with E-state index in [1.807, 2.05) is 7.05 Å². The molecule has 2 rings (SSSR count). The largest absolute Gasteiger partial charge is 0.462 e. The van der Waals surface area contributed by atoms with Crippen LogP contribution < -0.4 is 0 Å². The van der Waals surface area contributed by atoms with E-state index in [0.717, 1.165) is 19.3 Å². The molecular weight excluding hydrogens is 182 g/mol. The van der Waals surface area contributed by atoms with Crippen molar-refractivity contribution in [3.8, 4) is 0 Å². The number of hydrogen-bond acceptors (Lipinski definition) is 4. The Morgan fingerprint density at radius 1 is 1.43 bits per heavy atom. The maximum absolute atomic E-state index is 10.8. The number of piperidine rings is 1. The molecule has 4 heteroatoms. The lowest BCUT2D eigenvalue weighted by Gasteiger charge is -2.35. The Balaban J connectivity index is 2.00. The van der Waals surface area contributed by atoms with E-state index in [4.69, 9.17) is 4.74 Å². The molecule has 1 N–H and O–H groups in total. The molecule has 2 aliphatic heterocycles. The summed E-state index contributed by atoms with van der Waals surface area (Å²) in [5.74, 6) is -0.214. The average molecular weight is 199 g/mol. The minimum Gasteiger partial charge on any atom is -0.462 e. The predicted octanol–water partition coefficient (Wildman–Crippen LogP) is 0.145. The highest BCUT2D eigenvalue weighted by Crippen LogP contribution is 2.35. The molecule has 14 heavy (non-hydrogen) atoms. The Morgan fingerprint density at radius 2 is 2.14 bits per heavy atom. The Morgan fingerprint density at radius 3 is 2.71 bits per heavy atom. The molecule has 0 unspecified atom stereocenters. The first kappa shape index (κ1) is 9.93. The van der Waals surface area contributed by atoms with E-state index in [1.165, 1.54) is 6.92 Å². The summed E-state index contributed by atoms with van der Waals surface area (Å²) >= 11 is 0. The van der Waals surface area contributed by atoms with Crippen molar-refractivity contribution in [1.29, 1.82) is 0 Å². The van der Waals surface area contributed by atoms with Crippen LogP contribution in [0.25, 0.3) is 0 Å². The summed E-state index contributed by atoms with van der Waals surface area (Å²) in [6.07, 6.45) is 2.22. The van der Waals surface area contributed by atoms with Crippen LogP contribution in [0.15, 0.2) is 0 Å². The lowest BCUT2D eigenvalue weighted by Crippen LogP contribution is -2.45. The lowest BCUT2D eigenvalue weighted by atomic mass is 10.0. The number of hydrogen-bond donors (Lipinski definition) is 1. The average Bonchev–Trinajstić information content (AvgIpc) is 2.29. The van der Waals surface area contributed by atoms with Crippen LogP contribution in [-0.2, 0) is 9.53 Å². The van der Waals surface area contributed by atoms with E-state index in [2.05, 4.69) is 4.90 Å². The molecule has 0 aliphatic carbocycles. The van der Waals surface area contributed by atoms with Gasteiger partial charge < -0.3 is 9.84 Å². The van der Waals surface area contributed by atoms with Gasteiger partial charge in [-0.2, -0.15) is 0 Å². The number of fused-ring (bicyclic) bond motifs is 2. The fourth-order valence-electron chi connectivity index (χ4n) is 2.73. The van der Waals surface area contributed by atoms with Gasteiger partial charge in [-0.15, -0.1) is 0 Å². The smallest absolute Gasteiger partial charge is 0.302 e. The molecule has 4 nitrogen and oxygen atoms in total. The van der Waals surface area contributed by atoms with E-state index in [1.54, 1.807) is 0 Å². The van der Waals surface area contributed by atoms with E-state index in [-0.39, 0.29) is 24.2 Å². The molecule has 80 valence electrons. The lowest BCUT2D eigenvalue weighted by molar-refractivity contribution is -0.149. The summed E-state index contributed by atoms with van der Waals surface area (Å²) < 4.78 is 5.19. The number of aliphatic hydroxyl groups excluding tert-OH is 1. The van der Waals surface area contributed by atoms with Gasteiger partial charge >= 0.3 is 5.97 Å². The number of carbonyl (C=O) groups excluding carboxylic acids is 1. The van der Waals surface area contributed by atoms with Crippen LogP contribution in [0, 0.1) is 0 Å². The first-order valence-electron chi connectivity index (χ1n) is 5.15. The number of nitrogens with zero attached hydrogens (tertiary/aromatic N) is 1. The number of aliphatic hydroxyl groups is 1. The monoisotopic (exact) mass is 199 g/mol. The van der Waals surface area contributed by atoms with E-state index < -0.39 is 0 Å². The summed E-state index contributed by atoms with van der Waals surface area (Å²) in [4.78, 5) is 13.0. The van der Waals surface area contributed by atoms with E-state index in [9.17, 15) is 9.90 Å². The standard InChI is InChI=1S/C10H17NO3/c1-6(12)14-8-3-7-4-10(13)9(5-8)11(7)2/h7-10,13H,3-5H2,1-2H3/t7-,8+,9-,10+/m1/s1. The van der Waals surface area contributed by atoms with Crippen LogP contribution in [0.1, 0.15) is 26.2 Å². The van der Waals surface area contributed by atoms with Crippen molar-refractivity contribution in [2.24, 2.45) is 0 Å². The molecule has 2 fully saturated rings. The molecule has 2 aliphatic rings. The Kier molecular flexibility index (Phi) is 2.49. The zero-order valence-corrected chi connectivity index (χ0v) is 8.64. The first-order chi connectivity index (χ1) is 6.58. The van der Waals surface area contributed by atoms with Gasteiger partial charge in [-0.1, -0.05) is 0 Å². The van der Waals surface area contributed by atoms with Gasteiger partial charge in [0.2, 0.25) is 0 Å². The van der Waals surface area contributed by atoms with Crippen LogP contribution in [0.2, 0.25) is 0 Å². The zero-order valence-electron chi connectivity index (χ0n) is 8.64. The molecule has 4 atom stereocenters. The quantitative estimate of drug-likeness (QED) is 0.610. The number of esters is 1. The van der Waals surface area contributed by atoms with E-state index in [0.29, 0.717) is 6.04 Å². The Labute approximate surface area is 83.8 Å². The van der Waals surface area contributed by atoms with Crippen molar-refractivity contribution in [1.82, 2.24) is 4.90 Å². The third kappa shape index (κ3) is 1.64. The van der Waals surface area contributed by atoms with E-state index >= 15 is 0 Å². The maximum atomic E-state index is 10.8. The third-order valence-corrected chi connectivity index (χ3v) is 3.43. The molecule has 0 aromatic heterocycles. The zero-order chi connectivity index (χ0) is 10.3. The summed E-state index contributed by atoms with van der Waals surface area (Å²) in [6, 6.07) is 0.561. The van der Waals surface area contributed by atoms with Crippen molar-refractivity contribution >= 4 is 5.97 Å².